The van der Waals surface area contributed by atoms with E-state index >= 15 is 0 Å². The highest BCUT2D eigenvalue weighted by atomic mass is 16.6. The van der Waals surface area contributed by atoms with E-state index in [1.165, 1.54) is 26.4 Å². The summed E-state index contributed by atoms with van der Waals surface area (Å²) in [6.07, 6.45) is 2.26. The van der Waals surface area contributed by atoms with Gasteiger partial charge in [0.1, 0.15) is 11.5 Å². The van der Waals surface area contributed by atoms with Crippen molar-refractivity contribution in [3.63, 3.8) is 0 Å². The molecule has 3 N–H and O–H groups in total. The van der Waals surface area contributed by atoms with Crippen molar-refractivity contribution >= 4 is 5.78 Å². The summed E-state index contributed by atoms with van der Waals surface area (Å²) in [4.78, 5) is 12.0. The minimum absolute atomic E-state index is 0.0251. The topological polar surface area (TPSA) is 96.2 Å². The number of methoxy groups -OCH3 is 2. The number of hydrogen-bond acceptors (Lipinski definition) is 6. The molecule has 1 aromatic carbocycles. The SMILES string of the molecule is COC1C(O)=C(C=CC(=O)c2ccccc2)C(O)=CC1(O)OC. The molecule has 6 heteroatoms. The van der Waals surface area contributed by atoms with Gasteiger partial charge in [0.25, 0.3) is 0 Å². The number of hydrogen-bond donors (Lipinski definition) is 3. The Labute approximate surface area is 133 Å². The maximum absolute atomic E-state index is 12.0. The van der Waals surface area contributed by atoms with Crippen LogP contribution in [0.15, 0.2) is 65.7 Å². The fourth-order valence-corrected chi connectivity index (χ4v) is 2.29. The maximum atomic E-state index is 12.0. The molecule has 2 atom stereocenters. The quantitative estimate of drug-likeness (QED) is 0.437. The first-order chi connectivity index (χ1) is 10.9. The average molecular weight is 318 g/mol. The molecule has 0 heterocycles. The van der Waals surface area contributed by atoms with Crippen molar-refractivity contribution in [2.24, 2.45) is 0 Å². The second-order valence-electron chi connectivity index (χ2n) is 4.96. The maximum Gasteiger partial charge on any atom is 0.223 e. The zero-order valence-corrected chi connectivity index (χ0v) is 12.8. The summed E-state index contributed by atoms with van der Waals surface area (Å²) in [5.41, 5.74) is 0.447. The highest BCUT2D eigenvalue weighted by Crippen LogP contribution is 2.32. The van der Waals surface area contributed by atoms with Gasteiger partial charge in [0, 0.05) is 25.9 Å². The second kappa shape index (κ2) is 6.78. The molecule has 0 aromatic heterocycles. The lowest BCUT2D eigenvalue weighted by molar-refractivity contribution is -0.215. The molecule has 1 aliphatic carbocycles. The summed E-state index contributed by atoms with van der Waals surface area (Å²) in [6, 6.07) is 8.56. The largest absolute Gasteiger partial charge is 0.509 e. The number of carbonyl (C=O) groups is 1. The van der Waals surface area contributed by atoms with Crippen LogP contribution in [-0.4, -0.2) is 47.2 Å². The van der Waals surface area contributed by atoms with Gasteiger partial charge in [0.05, 0.1) is 5.57 Å². The summed E-state index contributed by atoms with van der Waals surface area (Å²) in [6.45, 7) is 0. The highest BCUT2D eigenvalue weighted by molar-refractivity contribution is 6.04. The average Bonchev–Trinajstić information content (AvgIpc) is 2.55. The number of allylic oxidation sites excluding steroid dienone is 2. The molecule has 1 aliphatic rings. The standard InChI is InChI=1S/C17H18O6/c1-22-16-15(20)12(14(19)10-17(16,21)23-2)8-9-13(18)11-6-4-3-5-7-11/h3-10,16,19-21H,1-2H3. The van der Waals surface area contributed by atoms with E-state index in [2.05, 4.69) is 0 Å². The van der Waals surface area contributed by atoms with E-state index in [0.29, 0.717) is 5.56 Å². The lowest BCUT2D eigenvalue weighted by Gasteiger charge is -2.34. The van der Waals surface area contributed by atoms with Gasteiger partial charge in [-0.05, 0) is 12.2 Å². The van der Waals surface area contributed by atoms with Crippen LogP contribution in [0.1, 0.15) is 10.4 Å². The van der Waals surface area contributed by atoms with Crippen molar-refractivity contribution in [3.05, 3.63) is 71.2 Å². The number of carbonyl (C=O) groups excluding carboxylic acids is 1. The molecule has 2 rings (SSSR count). The second-order valence-corrected chi connectivity index (χ2v) is 4.96. The monoisotopic (exact) mass is 318 g/mol. The first-order valence-corrected chi connectivity index (χ1v) is 6.86. The zero-order valence-electron chi connectivity index (χ0n) is 12.8. The lowest BCUT2D eigenvalue weighted by Crippen LogP contribution is -2.47. The van der Waals surface area contributed by atoms with Crippen LogP contribution in [0, 0.1) is 0 Å². The van der Waals surface area contributed by atoms with Gasteiger partial charge in [0.15, 0.2) is 11.9 Å². The van der Waals surface area contributed by atoms with Crippen LogP contribution in [0.25, 0.3) is 0 Å². The molecule has 23 heavy (non-hydrogen) atoms. The molecule has 0 bridgehead atoms. The third-order valence-corrected chi connectivity index (χ3v) is 3.54. The highest BCUT2D eigenvalue weighted by Gasteiger charge is 2.43. The third-order valence-electron chi connectivity index (χ3n) is 3.54. The third kappa shape index (κ3) is 3.34. The van der Waals surface area contributed by atoms with Crippen LogP contribution in [0.3, 0.4) is 0 Å². The number of ketones is 1. The summed E-state index contributed by atoms with van der Waals surface area (Å²) < 4.78 is 9.90. The van der Waals surface area contributed by atoms with E-state index in [0.717, 1.165) is 6.08 Å². The van der Waals surface area contributed by atoms with E-state index in [1.54, 1.807) is 30.3 Å². The van der Waals surface area contributed by atoms with E-state index < -0.39 is 23.4 Å². The molecule has 0 fully saturated rings. The smallest absolute Gasteiger partial charge is 0.223 e. The van der Waals surface area contributed by atoms with Gasteiger partial charge in [-0.25, -0.2) is 0 Å². The molecule has 2 unspecified atom stereocenters. The Morgan fingerprint density at radius 3 is 2.43 bits per heavy atom. The van der Waals surface area contributed by atoms with Crippen molar-refractivity contribution in [1.82, 2.24) is 0 Å². The van der Waals surface area contributed by atoms with Crippen LogP contribution in [0.5, 0.6) is 0 Å². The van der Waals surface area contributed by atoms with Crippen LogP contribution in [0.2, 0.25) is 0 Å². The fourth-order valence-electron chi connectivity index (χ4n) is 2.29. The van der Waals surface area contributed by atoms with Crippen molar-refractivity contribution in [2.45, 2.75) is 11.9 Å². The Morgan fingerprint density at radius 2 is 1.87 bits per heavy atom. The van der Waals surface area contributed by atoms with Crippen molar-refractivity contribution in [1.29, 1.82) is 0 Å². The number of benzene rings is 1. The fraction of sp³-hybridized carbons (Fsp3) is 0.235. The summed E-state index contributed by atoms with van der Waals surface area (Å²) >= 11 is 0. The predicted octanol–water partition coefficient (Wildman–Crippen LogP) is 2.04. The predicted molar refractivity (Wildman–Crippen MR) is 83.0 cm³/mol. The molecule has 0 amide bonds. The molecular weight excluding hydrogens is 300 g/mol. The Hall–Kier alpha value is -2.41. The summed E-state index contributed by atoms with van der Waals surface area (Å²) in [5, 5.41) is 30.4. The number of ether oxygens (including phenoxy) is 2. The number of rotatable bonds is 5. The first kappa shape index (κ1) is 17.0. The Kier molecular flexibility index (Phi) is 5.00. The minimum atomic E-state index is -2.00. The van der Waals surface area contributed by atoms with Gasteiger partial charge in [-0.15, -0.1) is 0 Å². The van der Waals surface area contributed by atoms with Crippen LogP contribution in [-0.2, 0) is 9.47 Å². The molecule has 0 aliphatic heterocycles. The van der Waals surface area contributed by atoms with Gasteiger partial charge in [-0.1, -0.05) is 30.3 Å². The Bertz CT molecular complexity index is 674. The van der Waals surface area contributed by atoms with Crippen molar-refractivity contribution in [3.8, 4) is 0 Å². The first-order valence-electron chi connectivity index (χ1n) is 6.86. The van der Waals surface area contributed by atoms with Crippen LogP contribution < -0.4 is 0 Å². The van der Waals surface area contributed by atoms with Gasteiger partial charge in [-0.2, -0.15) is 0 Å². The molecule has 0 spiro atoms. The number of aliphatic hydroxyl groups is 3. The van der Waals surface area contributed by atoms with Crippen LogP contribution in [0.4, 0.5) is 0 Å². The van der Waals surface area contributed by atoms with E-state index in [-0.39, 0.29) is 11.4 Å². The van der Waals surface area contributed by atoms with Gasteiger partial charge >= 0.3 is 0 Å². The van der Waals surface area contributed by atoms with Gasteiger partial charge < -0.3 is 24.8 Å². The molecule has 1 aromatic rings. The van der Waals surface area contributed by atoms with E-state index in [1.807, 2.05) is 0 Å². The normalized spacial score (nSPS) is 24.8. The molecule has 0 radical (unpaired) electrons. The molecular formula is C17H18O6. The van der Waals surface area contributed by atoms with Gasteiger partial charge in [-0.3, -0.25) is 4.79 Å². The molecule has 0 saturated carbocycles. The minimum Gasteiger partial charge on any atom is -0.509 e. The Balaban J connectivity index is 2.32. The lowest BCUT2D eigenvalue weighted by atomic mass is 9.94. The van der Waals surface area contributed by atoms with Crippen molar-refractivity contribution in [2.75, 3.05) is 14.2 Å². The molecule has 0 saturated heterocycles. The Morgan fingerprint density at radius 1 is 1.22 bits per heavy atom. The number of aliphatic hydroxyl groups excluding tert-OH is 2. The molecule has 122 valence electrons. The van der Waals surface area contributed by atoms with E-state index in [9.17, 15) is 20.1 Å². The van der Waals surface area contributed by atoms with E-state index in [4.69, 9.17) is 9.47 Å². The van der Waals surface area contributed by atoms with Gasteiger partial charge in [0.2, 0.25) is 5.79 Å². The van der Waals surface area contributed by atoms with Crippen molar-refractivity contribution < 1.29 is 29.6 Å². The van der Waals surface area contributed by atoms with Crippen LogP contribution >= 0.6 is 0 Å². The summed E-state index contributed by atoms with van der Waals surface area (Å²) in [5.74, 6) is -3.14. The molecule has 6 nitrogen and oxygen atoms in total. The summed E-state index contributed by atoms with van der Waals surface area (Å²) in [7, 11) is 2.49. The zero-order chi connectivity index (χ0) is 17.0.